The number of benzene rings is 4. The Morgan fingerprint density at radius 1 is 0.667 bits per heavy atom. The predicted octanol–water partition coefficient (Wildman–Crippen LogP) is 7.42. The molecule has 13 heteroatoms. The number of amides is 5. The van der Waals surface area contributed by atoms with Crippen molar-refractivity contribution in [3.8, 4) is 11.1 Å². The lowest BCUT2D eigenvalue weighted by Gasteiger charge is -2.28. The topological polar surface area (TPSA) is 137 Å². The molecule has 0 aromatic heterocycles. The molecule has 2 aliphatic rings. The molecular formula is C41H41Cl2N5O6. The van der Waals surface area contributed by atoms with Crippen LogP contribution in [0.15, 0.2) is 97.1 Å². The van der Waals surface area contributed by atoms with Gasteiger partial charge in [0.2, 0.25) is 17.7 Å². The first kappa shape index (κ1) is 38.3. The SMILES string of the molecule is COC(=O)N[C@@H](C(=O)N1CCC[C@H]1C(=O)Nc1ccc(-c2ccc(NC(=O)[C@@H]3CCCN3C(=O)[C@H](C)c3ccccc3)cc2Cl)c(Cl)c1)c1ccccc1. The zero-order valence-electron chi connectivity index (χ0n) is 29.9. The number of halogens is 2. The number of rotatable bonds is 10. The van der Waals surface area contributed by atoms with Gasteiger partial charge in [-0.25, -0.2) is 4.79 Å². The Kier molecular flexibility index (Phi) is 12.2. The van der Waals surface area contributed by atoms with E-state index in [0.29, 0.717) is 70.5 Å². The minimum Gasteiger partial charge on any atom is -0.453 e. The molecule has 11 nitrogen and oxygen atoms in total. The fraction of sp³-hybridized carbons (Fsp3) is 0.293. The number of carbonyl (C=O) groups is 5. The molecule has 0 spiro atoms. The molecular weight excluding hydrogens is 729 g/mol. The van der Waals surface area contributed by atoms with Crippen LogP contribution in [0, 0.1) is 0 Å². The third-order valence-corrected chi connectivity index (χ3v) is 10.6. The minimum atomic E-state index is -1.03. The smallest absolute Gasteiger partial charge is 0.407 e. The van der Waals surface area contributed by atoms with Gasteiger partial charge >= 0.3 is 6.09 Å². The van der Waals surface area contributed by atoms with Crippen molar-refractivity contribution in [1.82, 2.24) is 15.1 Å². The normalized spacial score (nSPS) is 17.7. The molecule has 5 amide bonds. The summed E-state index contributed by atoms with van der Waals surface area (Å²) in [6.07, 6.45) is 1.61. The van der Waals surface area contributed by atoms with E-state index in [1.54, 1.807) is 71.6 Å². The number of hydrogen-bond donors (Lipinski definition) is 3. The molecule has 0 unspecified atom stereocenters. The maximum atomic E-state index is 13.7. The van der Waals surface area contributed by atoms with Crippen molar-refractivity contribution in [1.29, 1.82) is 0 Å². The minimum absolute atomic E-state index is 0.0831. The van der Waals surface area contributed by atoms with Gasteiger partial charge in [-0.15, -0.1) is 0 Å². The van der Waals surface area contributed by atoms with Crippen molar-refractivity contribution in [2.24, 2.45) is 0 Å². The summed E-state index contributed by atoms with van der Waals surface area (Å²) in [6.45, 7) is 2.72. The Morgan fingerprint density at radius 2 is 1.13 bits per heavy atom. The number of nitrogens with zero attached hydrogens (tertiary/aromatic N) is 2. The molecule has 54 heavy (non-hydrogen) atoms. The number of anilines is 2. The van der Waals surface area contributed by atoms with Gasteiger partial charge in [0.15, 0.2) is 0 Å². The zero-order valence-corrected chi connectivity index (χ0v) is 31.4. The number of carbonyl (C=O) groups excluding carboxylic acids is 5. The first-order valence-electron chi connectivity index (χ1n) is 17.8. The Labute approximate surface area is 323 Å². The summed E-state index contributed by atoms with van der Waals surface area (Å²) in [5, 5.41) is 9.07. The second-order valence-corrected chi connectivity index (χ2v) is 14.2. The van der Waals surface area contributed by atoms with Crippen LogP contribution in [0.1, 0.15) is 55.7 Å². The highest BCUT2D eigenvalue weighted by molar-refractivity contribution is 6.37. The van der Waals surface area contributed by atoms with Crippen LogP contribution in [0.3, 0.4) is 0 Å². The number of nitrogens with one attached hydrogen (secondary N) is 3. The predicted molar refractivity (Wildman–Crippen MR) is 208 cm³/mol. The molecule has 3 N–H and O–H groups in total. The van der Waals surface area contributed by atoms with Crippen molar-refractivity contribution in [3.63, 3.8) is 0 Å². The van der Waals surface area contributed by atoms with Crippen LogP contribution in [0.5, 0.6) is 0 Å². The summed E-state index contributed by atoms with van der Waals surface area (Å²) in [7, 11) is 1.22. The molecule has 0 radical (unpaired) electrons. The van der Waals surface area contributed by atoms with E-state index in [4.69, 9.17) is 27.9 Å². The molecule has 2 saturated heterocycles. The lowest BCUT2D eigenvalue weighted by molar-refractivity contribution is -0.138. The fourth-order valence-corrected chi connectivity index (χ4v) is 7.65. The Morgan fingerprint density at radius 3 is 1.59 bits per heavy atom. The standard InChI is InChI=1S/C41H41Cl2N5O6/c1-25(26-11-5-3-6-12-26)39(51)47-21-9-15-34(47)37(49)44-28-17-19-30(32(42)23-28)31-20-18-29(24-33(31)43)45-38(50)35-16-10-22-48(35)40(52)36(46-41(53)54-2)27-13-7-4-8-14-27/h3-8,11-14,17-20,23-25,34-36H,9-10,15-16,21-22H2,1-2H3,(H,44,49)(H,45,50)(H,46,53)/t25-,34+,35+,36-/m1/s1. The molecule has 4 aromatic rings. The number of hydrogen-bond acceptors (Lipinski definition) is 6. The van der Waals surface area contributed by atoms with E-state index in [0.717, 1.165) is 12.0 Å². The Balaban J connectivity index is 1.10. The lowest BCUT2D eigenvalue weighted by atomic mass is 9.99. The van der Waals surface area contributed by atoms with E-state index >= 15 is 0 Å². The van der Waals surface area contributed by atoms with E-state index in [1.807, 2.05) is 37.3 Å². The van der Waals surface area contributed by atoms with Crippen molar-refractivity contribution in [2.75, 3.05) is 30.8 Å². The summed E-state index contributed by atoms with van der Waals surface area (Å²) >= 11 is 13.4. The number of likely N-dealkylation sites (tertiary alicyclic amines) is 2. The highest BCUT2D eigenvalue weighted by atomic mass is 35.5. The quantitative estimate of drug-likeness (QED) is 0.154. The van der Waals surface area contributed by atoms with Gasteiger partial charge in [-0.2, -0.15) is 0 Å². The molecule has 0 bridgehead atoms. The van der Waals surface area contributed by atoms with E-state index in [-0.39, 0.29) is 23.6 Å². The van der Waals surface area contributed by atoms with Crippen molar-refractivity contribution >= 4 is 64.3 Å². The summed E-state index contributed by atoms with van der Waals surface area (Å²) in [6, 6.07) is 26.1. The van der Waals surface area contributed by atoms with Crippen LogP contribution in [0.4, 0.5) is 16.2 Å². The van der Waals surface area contributed by atoms with Crippen LogP contribution in [-0.4, -0.2) is 71.8 Å². The average Bonchev–Trinajstić information content (AvgIpc) is 3.89. The molecule has 2 heterocycles. The third kappa shape index (κ3) is 8.53. The number of ether oxygens (including phenoxy) is 1. The monoisotopic (exact) mass is 769 g/mol. The van der Waals surface area contributed by atoms with Crippen molar-refractivity contribution in [2.45, 2.75) is 56.7 Å². The highest BCUT2D eigenvalue weighted by Gasteiger charge is 2.39. The van der Waals surface area contributed by atoms with Gasteiger partial charge in [0.05, 0.1) is 23.1 Å². The highest BCUT2D eigenvalue weighted by Crippen LogP contribution is 2.37. The van der Waals surface area contributed by atoms with Gasteiger partial charge in [0, 0.05) is 35.6 Å². The molecule has 6 rings (SSSR count). The van der Waals surface area contributed by atoms with Crippen molar-refractivity contribution in [3.05, 3.63) is 118 Å². The van der Waals surface area contributed by atoms with Gasteiger partial charge in [-0.05, 0) is 68.0 Å². The first-order chi connectivity index (χ1) is 26.0. The average molecular weight is 771 g/mol. The van der Waals surface area contributed by atoms with E-state index in [2.05, 4.69) is 16.0 Å². The maximum absolute atomic E-state index is 13.7. The van der Waals surface area contributed by atoms with Crippen LogP contribution >= 0.6 is 23.2 Å². The summed E-state index contributed by atoms with van der Waals surface area (Å²) in [4.78, 5) is 69.3. The molecule has 2 aliphatic heterocycles. The molecule has 280 valence electrons. The summed E-state index contributed by atoms with van der Waals surface area (Å²) in [5.74, 6) is -1.53. The Hall–Kier alpha value is -5.39. The van der Waals surface area contributed by atoms with Gasteiger partial charge in [-0.1, -0.05) is 96.0 Å². The van der Waals surface area contributed by atoms with Gasteiger partial charge < -0.3 is 30.5 Å². The van der Waals surface area contributed by atoms with Crippen LogP contribution in [-0.2, 0) is 23.9 Å². The largest absolute Gasteiger partial charge is 0.453 e. The first-order valence-corrected chi connectivity index (χ1v) is 18.6. The van der Waals surface area contributed by atoms with Crippen LogP contribution < -0.4 is 16.0 Å². The van der Waals surface area contributed by atoms with E-state index in [9.17, 15) is 24.0 Å². The third-order valence-electron chi connectivity index (χ3n) is 9.94. The lowest BCUT2D eigenvalue weighted by Crippen LogP contribution is -2.48. The zero-order chi connectivity index (χ0) is 38.4. The van der Waals surface area contributed by atoms with Gasteiger partial charge in [-0.3, -0.25) is 19.2 Å². The van der Waals surface area contributed by atoms with Gasteiger partial charge in [0.25, 0.3) is 5.91 Å². The molecule has 0 saturated carbocycles. The fourth-order valence-electron chi connectivity index (χ4n) is 7.09. The number of alkyl carbamates (subject to hydrolysis) is 1. The van der Waals surface area contributed by atoms with E-state index < -0.39 is 30.1 Å². The maximum Gasteiger partial charge on any atom is 0.407 e. The summed E-state index contributed by atoms with van der Waals surface area (Å²) < 4.78 is 4.75. The summed E-state index contributed by atoms with van der Waals surface area (Å²) in [5.41, 5.74) is 3.60. The number of methoxy groups -OCH3 is 1. The Bertz CT molecular complexity index is 2030. The molecule has 2 fully saturated rings. The molecule has 4 atom stereocenters. The van der Waals surface area contributed by atoms with E-state index in [1.165, 1.54) is 12.0 Å². The second-order valence-electron chi connectivity index (χ2n) is 13.4. The molecule has 4 aromatic carbocycles. The molecule has 0 aliphatic carbocycles. The van der Waals surface area contributed by atoms with Crippen LogP contribution in [0.2, 0.25) is 10.0 Å². The van der Waals surface area contributed by atoms with Gasteiger partial charge in [0.1, 0.15) is 18.1 Å². The second kappa shape index (κ2) is 17.2. The van der Waals surface area contributed by atoms with Crippen molar-refractivity contribution < 1.29 is 28.7 Å². The van der Waals surface area contributed by atoms with Crippen LogP contribution in [0.25, 0.3) is 11.1 Å².